The first-order valence-electron chi connectivity index (χ1n) is 3.25. The van der Waals surface area contributed by atoms with E-state index < -0.39 is 10.0 Å². The van der Waals surface area contributed by atoms with E-state index in [-0.39, 0.29) is 58.4 Å². The summed E-state index contributed by atoms with van der Waals surface area (Å²) in [7, 11) is -3.50. The predicted molar refractivity (Wildman–Crippen MR) is 69.9 cm³/mol. The van der Waals surface area contributed by atoms with Gasteiger partial charge in [0, 0.05) is 0 Å². The van der Waals surface area contributed by atoms with Crippen LogP contribution in [-0.4, -0.2) is 38.0 Å². The Morgan fingerprint density at radius 3 is 2.00 bits per heavy atom. The third kappa shape index (κ3) is 4.78. The fraction of sp³-hybridized carbons (Fsp3) is 0.143. The van der Waals surface area contributed by atoms with E-state index in [0.29, 0.717) is 0 Å². The van der Waals surface area contributed by atoms with E-state index in [9.17, 15) is 8.42 Å². The average Bonchev–Trinajstić information content (AvgIpc) is 2.05. The molecule has 0 atom stereocenters. The van der Waals surface area contributed by atoms with E-state index in [0.717, 1.165) is 5.56 Å². The molecule has 0 aliphatic rings. The van der Waals surface area contributed by atoms with Gasteiger partial charge in [0.15, 0.2) is 0 Å². The summed E-state index contributed by atoms with van der Waals surface area (Å²) < 4.78 is 23.9. The van der Waals surface area contributed by atoms with Gasteiger partial charge in [-0.25, -0.2) is 8.42 Å². The number of nitrogens with one attached hydrogen (secondary N) is 1. The van der Waals surface area contributed by atoms with Crippen LogP contribution in [0.3, 0.4) is 0 Å². The van der Waals surface area contributed by atoms with Gasteiger partial charge in [0.05, 0.1) is 4.90 Å². The molecule has 0 bridgehead atoms. The summed E-state index contributed by atoms with van der Waals surface area (Å²) in [5, 5.41) is 0. The molecule has 7 heteroatoms. The third-order valence-electron chi connectivity index (χ3n) is 1.43. The Kier molecular flexibility index (Phi) is 9.31. The van der Waals surface area contributed by atoms with Crippen LogP contribution in [0.1, 0.15) is 5.56 Å². The zero-order valence-electron chi connectivity index (χ0n) is 6.82. The molecule has 3 nitrogen and oxygen atoms in total. The molecular formula is C7H10ClINNaO2S. The van der Waals surface area contributed by atoms with E-state index in [4.69, 9.17) is 11.8 Å². The van der Waals surface area contributed by atoms with Crippen molar-refractivity contribution >= 4 is 75.3 Å². The van der Waals surface area contributed by atoms with Gasteiger partial charge in [-0.15, -0.1) is 28.2 Å². The molecule has 0 aliphatic heterocycles. The normalized spacial score (nSPS) is 9.86. The fourth-order valence-corrected chi connectivity index (χ4v) is 1.61. The molecule has 0 heterocycles. The number of rotatable bonds is 2. The molecule has 1 rings (SSSR count). The van der Waals surface area contributed by atoms with Crippen molar-refractivity contribution in [3.63, 3.8) is 0 Å². The molecular weight excluding hydrogens is 347 g/mol. The second-order valence-electron chi connectivity index (χ2n) is 2.39. The zero-order chi connectivity index (χ0) is 9.19. The Morgan fingerprint density at radius 2 is 1.64 bits per heavy atom. The van der Waals surface area contributed by atoms with Crippen LogP contribution in [0.2, 0.25) is 0 Å². The quantitative estimate of drug-likeness (QED) is 0.494. The van der Waals surface area contributed by atoms with E-state index in [1.807, 2.05) is 6.92 Å². The number of hydrogen-bond acceptors (Lipinski definition) is 2. The van der Waals surface area contributed by atoms with Crippen molar-refractivity contribution in [2.75, 3.05) is 0 Å². The van der Waals surface area contributed by atoms with E-state index >= 15 is 0 Å². The van der Waals surface area contributed by atoms with Crippen LogP contribution in [-0.2, 0) is 10.0 Å². The van der Waals surface area contributed by atoms with E-state index in [2.05, 4.69) is 0 Å². The third-order valence-corrected chi connectivity index (χ3v) is 3.14. The standard InChI is InChI=1S/C7H8ClNO2S.HI.Na.H/c1-6-2-4-7(5-3-6)12(10,11)9-8;;;/h2-5,9H,1H3;1H;;. The Bertz CT molecular complexity index is 368. The Labute approximate surface area is 128 Å². The molecule has 0 unspecified atom stereocenters. The van der Waals surface area contributed by atoms with Crippen LogP contribution in [0.5, 0.6) is 0 Å². The molecule has 1 N–H and O–H groups in total. The predicted octanol–water partition coefficient (Wildman–Crippen LogP) is 1.40. The van der Waals surface area contributed by atoms with Crippen LogP contribution in [0, 0.1) is 6.92 Å². The molecule has 14 heavy (non-hydrogen) atoms. The molecule has 0 aromatic heterocycles. The van der Waals surface area contributed by atoms with Crippen molar-refractivity contribution < 1.29 is 8.42 Å². The number of sulfonamides is 1. The van der Waals surface area contributed by atoms with Gasteiger partial charge in [-0.3, -0.25) is 0 Å². The fourth-order valence-electron chi connectivity index (χ4n) is 0.762. The first kappa shape index (κ1) is 17.5. The second kappa shape index (κ2) is 7.43. The average molecular weight is 358 g/mol. The second-order valence-corrected chi connectivity index (χ2v) is 4.49. The van der Waals surface area contributed by atoms with Gasteiger partial charge in [0.1, 0.15) is 0 Å². The first-order chi connectivity index (χ1) is 5.56. The Morgan fingerprint density at radius 1 is 1.21 bits per heavy atom. The molecule has 0 fully saturated rings. The van der Waals surface area contributed by atoms with Gasteiger partial charge in [-0.2, -0.15) is 0 Å². The van der Waals surface area contributed by atoms with Gasteiger partial charge in [-0.05, 0) is 30.8 Å². The summed E-state index contributed by atoms with van der Waals surface area (Å²) in [5.41, 5.74) is 1.00. The molecule has 1 aromatic carbocycles. The van der Waals surface area contributed by atoms with Crippen molar-refractivity contribution in [3.05, 3.63) is 29.8 Å². The van der Waals surface area contributed by atoms with Crippen LogP contribution in [0.15, 0.2) is 29.2 Å². The summed E-state index contributed by atoms with van der Waals surface area (Å²) >= 11 is 5.03. The van der Waals surface area contributed by atoms with Gasteiger partial charge >= 0.3 is 29.6 Å². The zero-order valence-corrected chi connectivity index (χ0v) is 10.7. The van der Waals surface area contributed by atoms with Gasteiger partial charge < -0.3 is 0 Å². The molecule has 0 aliphatic carbocycles. The van der Waals surface area contributed by atoms with Crippen molar-refractivity contribution in [1.82, 2.24) is 4.24 Å². The first-order valence-corrected chi connectivity index (χ1v) is 5.11. The maximum atomic E-state index is 11.1. The van der Waals surface area contributed by atoms with E-state index in [1.165, 1.54) is 12.1 Å². The Hall–Kier alpha value is 1.15. The van der Waals surface area contributed by atoms with Crippen molar-refractivity contribution in [3.8, 4) is 0 Å². The topological polar surface area (TPSA) is 46.2 Å². The minimum atomic E-state index is -3.50. The van der Waals surface area contributed by atoms with Crippen molar-refractivity contribution in [2.45, 2.75) is 11.8 Å². The monoisotopic (exact) mass is 357 g/mol. The van der Waals surface area contributed by atoms with Gasteiger partial charge in [0.25, 0.3) is 10.0 Å². The molecule has 0 spiro atoms. The summed E-state index contributed by atoms with van der Waals surface area (Å²) in [5.74, 6) is 0. The van der Waals surface area contributed by atoms with Crippen LogP contribution in [0.4, 0.5) is 0 Å². The Balaban J connectivity index is 0. The SMILES string of the molecule is Cc1ccc(S(=O)(=O)NCl)cc1.I.[NaH]. The number of benzene rings is 1. The van der Waals surface area contributed by atoms with Crippen LogP contribution >= 0.6 is 35.8 Å². The molecule has 0 radical (unpaired) electrons. The summed E-state index contributed by atoms with van der Waals surface area (Å²) in [4.78, 5) is 0.170. The minimum absolute atomic E-state index is 0. The van der Waals surface area contributed by atoms with Gasteiger partial charge in [0.2, 0.25) is 0 Å². The molecule has 76 valence electrons. The number of hydrogen-bond donors (Lipinski definition) is 1. The number of aryl methyl sites for hydroxylation is 1. The summed E-state index contributed by atoms with van der Waals surface area (Å²) in [6.07, 6.45) is 0. The summed E-state index contributed by atoms with van der Waals surface area (Å²) in [6.45, 7) is 1.88. The summed E-state index contributed by atoms with van der Waals surface area (Å²) in [6, 6.07) is 6.42. The molecule has 1 aromatic rings. The van der Waals surface area contributed by atoms with Crippen LogP contribution in [0.25, 0.3) is 0 Å². The van der Waals surface area contributed by atoms with E-state index in [1.54, 1.807) is 16.4 Å². The molecule has 0 saturated heterocycles. The molecule has 0 saturated carbocycles. The maximum absolute atomic E-state index is 11.1. The van der Waals surface area contributed by atoms with Crippen LogP contribution < -0.4 is 4.24 Å². The van der Waals surface area contributed by atoms with Gasteiger partial charge in [-0.1, -0.05) is 17.7 Å². The van der Waals surface area contributed by atoms with Crippen molar-refractivity contribution in [1.29, 1.82) is 0 Å². The molecule has 0 amide bonds. The van der Waals surface area contributed by atoms with Crippen molar-refractivity contribution in [2.24, 2.45) is 0 Å². The number of halogens is 2.